The molecule has 1 atom stereocenters. The van der Waals surface area contributed by atoms with Crippen molar-refractivity contribution in [3.05, 3.63) is 34.4 Å². The highest BCUT2D eigenvalue weighted by Gasteiger charge is 2.33. The topological polar surface area (TPSA) is 17.1 Å². The molecule has 1 heteroatoms. The second-order valence-corrected chi connectivity index (χ2v) is 4.81. The average molecular weight is 202 g/mol. The molecule has 1 aromatic rings. The first kappa shape index (κ1) is 10.4. The van der Waals surface area contributed by atoms with Crippen LogP contribution in [0.15, 0.2) is 12.1 Å². The molecule has 2 rings (SSSR count). The molecule has 15 heavy (non-hydrogen) atoms. The Balaban J connectivity index is 2.45. The van der Waals surface area contributed by atoms with E-state index in [4.69, 9.17) is 0 Å². The summed E-state index contributed by atoms with van der Waals surface area (Å²) in [6.45, 7) is 6.35. The summed E-state index contributed by atoms with van der Waals surface area (Å²) in [7, 11) is 0. The Morgan fingerprint density at radius 1 is 1.20 bits per heavy atom. The molecule has 1 aromatic carbocycles. The largest absolute Gasteiger partial charge is 0.303 e. The third-order valence-corrected chi connectivity index (χ3v) is 3.35. The van der Waals surface area contributed by atoms with Crippen LogP contribution in [-0.2, 0) is 4.79 Å². The van der Waals surface area contributed by atoms with Gasteiger partial charge in [-0.15, -0.1) is 0 Å². The molecule has 0 radical (unpaired) electrons. The van der Waals surface area contributed by atoms with Gasteiger partial charge in [0, 0.05) is 5.92 Å². The first-order valence-corrected chi connectivity index (χ1v) is 5.66. The van der Waals surface area contributed by atoms with Crippen molar-refractivity contribution in [2.24, 2.45) is 5.92 Å². The van der Waals surface area contributed by atoms with Gasteiger partial charge in [-0.1, -0.05) is 17.7 Å². The van der Waals surface area contributed by atoms with Crippen molar-refractivity contribution in [2.45, 2.75) is 39.5 Å². The Labute approximate surface area is 91.5 Å². The van der Waals surface area contributed by atoms with Crippen LogP contribution in [0.4, 0.5) is 0 Å². The second kappa shape index (κ2) is 3.80. The quantitative estimate of drug-likeness (QED) is 0.687. The minimum absolute atomic E-state index is 0.144. The van der Waals surface area contributed by atoms with Crippen LogP contribution in [0.2, 0.25) is 0 Å². The van der Waals surface area contributed by atoms with Crippen molar-refractivity contribution < 1.29 is 4.79 Å². The lowest BCUT2D eigenvalue weighted by Crippen LogP contribution is -2.07. The second-order valence-electron chi connectivity index (χ2n) is 4.81. The van der Waals surface area contributed by atoms with Gasteiger partial charge in [-0.05, 0) is 56.2 Å². The summed E-state index contributed by atoms with van der Waals surface area (Å²) in [5, 5.41) is 0. The van der Waals surface area contributed by atoms with E-state index in [2.05, 4.69) is 32.9 Å². The maximum atomic E-state index is 11.2. The van der Waals surface area contributed by atoms with Gasteiger partial charge < -0.3 is 4.79 Å². The van der Waals surface area contributed by atoms with E-state index >= 15 is 0 Å². The number of carbonyl (C=O) groups is 1. The van der Waals surface area contributed by atoms with Crippen LogP contribution in [0.25, 0.3) is 0 Å². The first-order valence-electron chi connectivity index (χ1n) is 5.66. The molecular weight excluding hydrogens is 184 g/mol. The number of carbonyl (C=O) groups excluding carboxylic acids is 1. The van der Waals surface area contributed by atoms with Crippen molar-refractivity contribution in [1.82, 2.24) is 0 Å². The van der Waals surface area contributed by atoms with Gasteiger partial charge >= 0.3 is 0 Å². The first-order chi connectivity index (χ1) is 7.13. The number of hydrogen-bond donors (Lipinski definition) is 0. The predicted molar refractivity (Wildman–Crippen MR) is 62.2 cm³/mol. The van der Waals surface area contributed by atoms with Crippen molar-refractivity contribution >= 4 is 6.29 Å². The molecule has 1 aliphatic rings. The van der Waals surface area contributed by atoms with Gasteiger partial charge in [0.15, 0.2) is 0 Å². The van der Waals surface area contributed by atoms with Gasteiger partial charge in [-0.3, -0.25) is 0 Å². The summed E-state index contributed by atoms with van der Waals surface area (Å²) in [5.41, 5.74) is 5.11. The lowest BCUT2D eigenvalue weighted by atomic mass is 9.87. The molecule has 1 unspecified atom stereocenters. The van der Waals surface area contributed by atoms with Gasteiger partial charge in [-0.2, -0.15) is 0 Å². The van der Waals surface area contributed by atoms with E-state index in [1.807, 2.05) is 0 Å². The molecule has 0 saturated heterocycles. The van der Waals surface area contributed by atoms with Crippen molar-refractivity contribution in [1.29, 1.82) is 0 Å². The molecule has 1 saturated carbocycles. The van der Waals surface area contributed by atoms with E-state index in [9.17, 15) is 4.79 Å². The summed E-state index contributed by atoms with van der Waals surface area (Å²) in [6.07, 6.45) is 3.58. The van der Waals surface area contributed by atoms with Crippen molar-refractivity contribution in [2.75, 3.05) is 0 Å². The SMILES string of the molecule is Cc1cc(C)c(C(C=O)C2CC2)c(C)c1. The number of aryl methyl sites for hydroxylation is 3. The zero-order chi connectivity index (χ0) is 11.0. The van der Waals surface area contributed by atoms with Crippen molar-refractivity contribution in [3.63, 3.8) is 0 Å². The van der Waals surface area contributed by atoms with Crippen LogP contribution in [0.5, 0.6) is 0 Å². The van der Waals surface area contributed by atoms with Gasteiger partial charge in [-0.25, -0.2) is 0 Å². The summed E-state index contributed by atoms with van der Waals surface area (Å²) in [6, 6.07) is 4.36. The number of benzene rings is 1. The van der Waals surface area contributed by atoms with E-state index < -0.39 is 0 Å². The Morgan fingerprint density at radius 3 is 2.13 bits per heavy atom. The Morgan fingerprint density at radius 2 is 1.73 bits per heavy atom. The van der Waals surface area contributed by atoms with Gasteiger partial charge in [0.1, 0.15) is 6.29 Å². The van der Waals surface area contributed by atoms with Crippen LogP contribution >= 0.6 is 0 Å². The Hall–Kier alpha value is -1.11. The molecule has 1 aliphatic carbocycles. The minimum Gasteiger partial charge on any atom is -0.303 e. The number of aldehydes is 1. The number of hydrogen-bond acceptors (Lipinski definition) is 1. The third-order valence-electron chi connectivity index (χ3n) is 3.35. The molecule has 0 aromatic heterocycles. The van der Waals surface area contributed by atoms with Crippen LogP contribution in [0.1, 0.15) is 41.0 Å². The number of rotatable bonds is 3. The van der Waals surface area contributed by atoms with E-state index in [0.717, 1.165) is 6.29 Å². The third kappa shape index (κ3) is 1.97. The Kier molecular flexibility index (Phi) is 2.64. The normalized spacial score (nSPS) is 17.5. The van der Waals surface area contributed by atoms with Crippen LogP contribution in [0.3, 0.4) is 0 Å². The highest BCUT2D eigenvalue weighted by atomic mass is 16.1. The zero-order valence-corrected chi connectivity index (χ0v) is 9.71. The molecule has 0 bridgehead atoms. The van der Waals surface area contributed by atoms with E-state index in [-0.39, 0.29) is 5.92 Å². The van der Waals surface area contributed by atoms with Crippen LogP contribution < -0.4 is 0 Å². The van der Waals surface area contributed by atoms with Gasteiger partial charge in [0.2, 0.25) is 0 Å². The fraction of sp³-hybridized carbons (Fsp3) is 0.500. The lowest BCUT2D eigenvalue weighted by molar-refractivity contribution is -0.109. The molecule has 0 aliphatic heterocycles. The summed E-state index contributed by atoms with van der Waals surface area (Å²) >= 11 is 0. The Bertz CT molecular complexity index is 365. The summed E-state index contributed by atoms with van der Waals surface area (Å²) in [5.74, 6) is 0.758. The maximum Gasteiger partial charge on any atom is 0.127 e. The minimum atomic E-state index is 0.144. The molecular formula is C14H18O. The van der Waals surface area contributed by atoms with E-state index in [0.29, 0.717) is 5.92 Å². The van der Waals surface area contributed by atoms with Gasteiger partial charge in [0.25, 0.3) is 0 Å². The van der Waals surface area contributed by atoms with Gasteiger partial charge in [0.05, 0.1) is 0 Å². The summed E-state index contributed by atoms with van der Waals surface area (Å²) in [4.78, 5) is 11.2. The smallest absolute Gasteiger partial charge is 0.127 e. The molecule has 1 nitrogen and oxygen atoms in total. The van der Waals surface area contributed by atoms with Crippen LogP contribution in [0, 0.1) is 26.7 Å². The molecule has 0 heterocycles. The standard InChI is InChI=1S/C14H18O/c1-9-6-10(2)14(11(3)7-9)13(8-15)12-4-5-12/h6-8,12-13H,4-5H2,1-3H3. The average Bonchev–Trinajstić information content (AvgIpc) is 2.94. The monoisotopic (exact) mass is 202 g/mol. The fourth-order valence-electron chi connectivity index (χ4n) is 2.59. The van der Waals surface area contributed by atoms with E-state index in [1.165, 1.54) is 35.1 Å². The van der Waals surface area contributed by atoms with Crippen LogP contribution in [-0.4, -0.2) is 6.29 Å². The molecule has 0 spiro atoms. The summed E-state index contributed by atoms with van der Waals surface area (Å²) < 4.78 is 0. The molecule has 0 amide bonds. The fourth-order valence-corrected chi connectivity index (χ4v) is 2.59. The predicted octanol–water partition coefficient (Wildman–Crippen LogP) is 3.30. The maximum absolute atomic E-state index is 11.2. The van der Waals surface area contributed by atoms with Crippen molar-refractivity contribution in [3.8, 4) is 0 Å². The zero-order valence-electron chi connectivity index (χ0n) is 9.71. The highest BCUT2D eigenvalue weighted by Crippen LogP contribution is 2.43. The molecule has 0 N–H and O–H groups in total. The highest BCUT2D eigenvalue weighted by molar-refractivity contribution is 5.66. The van der Waals surface area contributed by atoms with E-state index in [1.54, 1.807) is 0 Å². The molecule has 80 valence electrons. The molecule has 1 fully saturated rings. The lowest BCUT2D eigenvalue weighted by Gasteiger charge is -2.16.